The van der Waals surface area contributed by atoms with E-state index in [1.807, 2.05) is 44.2 Å². The Labute approximate surface area is 195 Å². The van der Waals surface area contributed by atoms with E-state index in [0.717, 1.165) is 11.3 Å². The van der Waals surface area contributed by atoms with Crippen molar-refractivity contribution in [2.75, 3.05) is 13.2 Å². The molecule has 33 heavy (non-hydrogen) atoms. The van der Waals surface area contributed by atoms with E-state index in [1.165, 1.54) is 5.56 Å². The van der Waals surface area contributed by atoms with E-state index in [-0.39, 0.29) is 18.1 Å². The van der Waals surface area contributed by atoms with Gasteiger partial charge in [-0.2, -0.15) is 5.10 Å². The summed E-state index contributed by atoms with van der Waals surface area (Å²) in [5, 5.41) is 7.21. The van der Waals surface area contributed by atoms with Crippen LogP contribution in [0.3, 0.4) is 0 Å². The average Bonchev–Trinajstić information content (AvgIpc) is 3.27. The Kier molecular flexibility index (Phi) is 7.98. The highest BCUT2D eigenvalue weighted by atomic mass is 16.5. The summed E-state index contributed by atoms with van der Waals surface area (Å²) in [5.41, 5.74) is 2.58. The third kappa shape index (κ3) is 6.75. The number of benzene rings is 2. The zero-order chi connectivity index (χ0) is 23.8. The SMILES string of the molecule is CCOc1ccc(CNC(=O)c2ccn(COc3ccc(C(C)(C)C)cc3)n2)cc1OCC. The van der Waals surface area contributed by atoms with Crippen molar-refractivity contribution in [3.63, 3.8) is 0 Å². The number of nitrogens with zero attached hydrogens (tertiary/aromatic N) is 2. The number of hydrogen-bond acceptors (Lipinski definition) is 5. The van der Waals surface area contributed by atoms with Gasteiger partial charge >= 0.3 is 0 Å². The van der Waals surface area contributed by atoms with Gasteiger partial charge in [-0.3, -0.25) is 4.79 Å². The second-order valence-electron chi connectivity index (χ2n) is 8.62. The first-order chi connectivity index (χ1) is 15.8. The standard InChI is InChI=1S/C26H33N3O4/c1-6-31-23-13-8-19(16-24(23)32-7-2)17-27-25(30)22-14-15-29(28-22)18-33-21-11-9-20(10-12-21)26(3,4)5/h8-16H,6-7,17-18H2,1-5H3,(H,27,30). The second kappa shape index (κ2) is 10.9. The molecule has 0 aliphatic rings. The van der Waals surface area contributed by atoms with Crippen molar-refractivity contribution in [3.05, 3.63) is 71.5 Å². The molecule has 7 heteroatoms. The fraction of sp³-hybridized carbons (Fsp3) is 0.385. The van der Waals surface area contributed by atoms with E-state index < -0.39 is 0 Å². The molecule has 0 aliphatic carbocycles. The molecule has 0 unspecified atom stereocenters. The summed E-state index contributed by atoms with van der Waals surface area (Å²) in [6, 6.07) is 15.3. The lowest BCUT2D eigenvalue weighted by Crippen LogP contribution is -2.23. The van der Waals surface area contributed by atoms with Gasteiger partial charge in [-0.15, -0.1) is 0 Å². The Morgan fingerprint density at radius 1 is 0.939 bits per heavy atom. The van der Waals surface area contributed by atoms with Gasteiger partial charge in [0, 0.05) is 12.7 Å². The molecule has 0 fully saturated rings. The van der Waals surface area contributed by atoms with Gasteiger partial charge in [0.1, 0.15) is 11.4 Å². The van der Waals surface area contributed by atoms with Crippen LogP contribution in [0.25, 0.3) is 0 Å². The normalized spacial score (nSPS) is 11.2. The number of ether oxygens (including phenoxy) is 3. The molecule has 0 atom stereocenters. The molecule has 0 saturated carbocycles. The quantitative estimate of drug-likeness (QED) is 0.472. The van der Waals surface area contributed by atoms with Gasteiger partial charge in [0.2, 0.25) is 0 Å². The zero-order valence-electron chi connectivity index (χ0n) is 20.1. The predicted octanol–water partition coefficient (Wildman–Crippen LogP) is 4.94. The van der Waals surface area contributed by atoms with Gasteiger partial charge in [0.25, 0.3) is 5.91 Å². The van der Waals surface area contributed by atoms with Gasteiger partial charge in [0.15, 0.2) is 18.2 Å². The number of nitrogens with one attached hydrogen (secondary N) is 1. The lowest BCUT2D eigenvalue weighted by Gasteiger charge is -2.19. The van der Waals surface area contributed by atoms with Crippen LogP contribution in [-0.2, 0) is 18.7 Å². The van der Waals surface area contributed by atoms with E-state index in [4.69, 9.17) is 14.2 Å². The maximum absolute atomic E-state index is 12.5. The second-order valence-corrected chi connectivity index (χ2v) is 8.62. The van der Waals surface area contributed by atoms with Crippen molar-refractivity contribution < 1.29 is 19.0 Å². The predicted molar refractivity (Wildman–Crippen MR) is 128 cm³/mol. The molecule has 0 radical (unpaired) electrons. The molecule has 3 rings (SSSR count). The van der Waals surface area contributed by atoms with Crippen LogP contribution in [0, 0.1) is 0 Å². The molecular weight excluding hydrogens is 418 g/mol. The Morgan fingerprint density at radius 3 is 2.30 bits per heavy atom. The molecule has 0 bridgehead atoms. The number of amides is 1. The first-order valence-electron chi connectivity index (χ1n) is 11.2. The minimum Gasteiger partial charge on any atom is -0.490 e. The maximum atomic E-state index is 12.5. The van der Waals surface area contributed by atoms with Crippen LogP contribution in [0.4, 0.5) is 0 Å². The number of rotatable bonds is 10. The van der Waals surface area contributed by atoms with Gasteiger partial charge in [-0.1, -0.05) is 39.0 Å². The molecule has 1 N–H and O–H groups in total. The number of hydrogen-bond donors (Lipinski definition) is 1. The summed E-state index contributed by atoms with van der Waals surface area (Å²) in [6.45, 7) is 12.0. The van der Waals surface area contributed by atoms with Crippen LogP contribution < -0.4 is 19.5 Å². The van der Waals surface area contributed by atoms with Crippen LogP contribution in [-0.4, -0.2) is 28.9 Å². The molecule has 2 aromatic carbocycles. The smallest absolute Gasteiger partial charge is 0.272 e. The number of aromatic nitrogens is 2. The van der Waals surface area contributed by atoms with Crippen molar-refractivity contribution in [3.8, 4) is 17.2 Å². The fourth-order valence-electron chi connectivity index (χ4n) is 3.22. The average molecular weight is 452 g/mol. The molecule has 0 spiro atoms. The van der Waals surface area contributed by atoms with Crippen molar-refractivity contribution >= 4 is 5.91 Å². The third-order valence-electron chi connectivity index (χ3n) is 5.02. The van der Waals surface area contributed by atoms with Gasteiger partial charge in [0.05, 0.1) is 13.2 Å². The van der Waals surface area contributed by atoms with Gasteiger partial charge in [-0.05, 0) is 60.7 Å². The van der Waals surface area contributed by atoms with Crippen LogP contribution >= 0.6 is 0 Å². The lowest BCUT2D eigenvalue weighted by molar-refractivity contribution is 0.0943. The number of carbonyl (C=O) groups excluding carboxylic acids is 1. The summed E-state index contributed by atoms with van der Waals surface area (Å²) in [7, 11) is 0. The van der Waals surface area contributed by atoms with E-state index in [1.54, 1.807) is 16.9 Å². The summed E-state index contributed by atoms with van der Waals surface area (Å²) < 4.78 is 18.6. The molecular formula is C26H33N3O4. The number of carbonyl (C=O) groups is 1. The zero-order valence-corrected chi connectivity index (χ0v) is 20.1. The van der Waals surface area contributed by atoms with E-state index >= 15 is 0 Å². The van der Waals surface area contributed by atoms with Gasteiger partial charge in [-0.25, -0.2) is 4.68 Å². The van der Waals surface area contributed by atoms with Gasteiger partial charge < -0.3 is 19.5 Å². The topological polar surface area (TPSA) is 74.6 Å². The molecule has 1 heterocycles. The van der Waals surface area contributed by atoms with E-state index in [0.29, 0.717) is 37.0 Å². The van der Waals surface area contributed by atoms with Crippen LogP contribution in [0.2, 0.25) is 0 Å². The van der Waals surface area contributed by atoms with Crippen molar-refractivity contribution in [2.24, 2.45) is 0 Å². The first-order valence-corrected chi connectivity index (χ1v) is 11.2. The van der Waals surface area contributed by atoms with Crippen LogP contribution in [0.15, 0.2) is 54.7 Å². The van der Waals surface area contributed by atoms with Crippen molar-refractivity contribution in [1.82, 2.24) is 15.1 Å². The molecule has 176 valence electrons. The minimum atomic E-state index is -0.255. The van der Waals surface area contributed by atoms with Crippen molar-refractivity contribution in [1.29, 1.82) is 0 Å². The molecule has 1 aromatic heterocycles. The molecule has 3 aromatic rings. The molecule has 1 amide bonds. The van der Waals surface area contributed by atoms with E-state index in [2.05, 4.69) is 43.3 Å². The summed E-state index contributed by atoms with van der Waals surface area (Å²) in [5.74, 6) is 1.87. The van der Waals surface area contributed by atoms with Crippen molar-refractivity contribution in [2.45, 2.75) is 53.3 Å². The maximum Gasteiger partial charge on any atom is 0.272 e. The highest BCUT2D eigenvalue weighted by molar-refractivity contribution is 5.92. The Bertz CT molecular complexity index is 1050. The first kappa shape index (κ1) is 24.2. The molecule has 0 saturated heterocycles. The minimum absolute atomic E-state index is 0.0959. The van der Waals surface area contributed by atoms with Crippen LogP contribution in [0.5, 0.6) is 17.2 Å². The summed E-state index contributed by atoms with van der Waals surface area (Å²) in [6.07, 6.45) is 1.72. The molecule has 7 nitrogen and oxygen atoms in total. The highest BCUT2D eigenvalue weighted by Gasteiger charge is 2.14. The monoisotopic (exact) mass is 451 g/mol. The fourth-order valence-corrected chi connectivity index (χ4v) is 3.22. The van der Waals surface area contributed by atoms with Crippen LogP contribution in [0.1, 0.15) is 56.2 Å². The molecule has 0 aliphatic heterocycles. The Balaban J connectivity index is 1.54. The van der Waals surface area contributed by atoms with E-state index in [9.17, 15) is 4.79 Å². The lowest BCUT2D eigenvalue weighted by atomic mass is 9.87. The summed E-state index contributed by atoms with van der Waals surface area (Å²) >= 11 is 0. The Morgan fingerprint density at radius 2 is 1.64 bits per heavy atom. The Hall–Kier alpha value is -3.48. The third-order valence-corrected chi connectivity index (χ3v) is 5.02. The largest absolute Gasteiger partial charge is 0.490 e. The summed E-state index contributed by atoms with van der Waals surface area (Å²) in [4.78, 5) is 12.5. The highest BCUT2D eigenvalue weighted by Crippen LogP contribution is 2.28.